The quantitative estimate of drug-likeness (QED) is 0.571. The smallest absolute Gasteiger partial charge is 0.193 e. The first-order valence-corrected chi connectivity index (χ1v) is 7.20. The molecule has 2 aromatic heterocycles. The van der Waals surface area contributed by atoms with E-state index in [1.165, 1.54) is 5.56 Å². The number of benzene rings is 1. The highest BCUT2D eigenvalue weighted by Crippen LogP contribution is 2.10. The van der Waals surface area contributed by atoms with E-state index in [4.69, 9.17) is 5.73 Å². The first kappa shape index (κ1) is 14.1. The minimum atomic E-state index is 0.376. The minimum Gasteiger partial charge on any atom is -0.370 e. The molecule has 0 aliphatic rings. The summed E-state index contributed by atoms with van der Waals surface area (Å²) in [6.07, 6.45) is 4.48. The van der Waals surface area contributed by atoms with Gasteiger partial charge in [0.25, 0.3) is 0 Å². The summed E-state index contributed by atoms with van der Waals surface area (Å²) in [7, 11) is 0. The number of nitrogens with one attached hydrogen (secondary N) is 1. The fourth-order valence-corrected chi connectivity index (χ4v) is 2.18. The molecule has 0 atom stereocenters. The zero-order valence-electron chi connectivity index (χ0n) is 12.4. The number of aliphatic imine (C=N–C) groups is 1. The van der Waals surface area contributed by atoms with Crippen LogP contribution < -0.4 is 11.1 Å². The Bertz CT molecular complexity index is 788. The van der Waals surface area contributed by atoms with Crippen LogP contribution in [0.3, 0.4) is 0 Å². The van der Waals surface area contributed by atoms with Crippen LogP contribution in [0.15, 0.2) is 53.8 Å². The Kier molecular flexibility index (Phi) is 4.00. The van der Waals surface area contributed by atoms with E-state index in [2.05, 4.69) is 39.4 Å². The van der Waals surface area contributed by atoms with Gasteiger partial charge in [-0.05, 0) is 30.2 Å². The van der Waals surface area contributed by atoms with Gasteiger partial charge in [0.15, 0.2) is 11.6 Å². The van der Waals surface area contributed by atoms with Crippen LogP contribution in [0.25, 0.3) is 5.65 Å². The number of hydrogen-bond acceptors (Lipinski definition) is 3. The van der Waals surface area contributed by atoms with Crippen molar-refractivity contribution in [3.8, 4) is 0 Å². The number of fused-ring (bicyclic) bond motifs is 1. The van der Waals surface area contributed by atoms with Crippen LogP contribution in [-0.4, -0.2) is 20.6 Å². The Morgan fingerprint density at radius 2 is 2.00 bits per heavy atom. The van der Waals surface area contributed by atoms with Crippen molar-refractivity contribution in [2.75, 3.05) is 5.32 Å². The molecule has 0 bridgehead atoms. The normalized spacial score (nSPS) is 11.8. The SMILES string of the molecule is CCc1ccc(NC(N)=NCc2ccnc3ccnn23)cc1. The van der Waals surface area contributed by atoms with Crippen LogP contribution in [0.5, 0.6) is 0 Å². The van der Waals surface area contributed by atoms with E-state index in [0.29, 0.717) is 12.5 Å². The van der Waals surface area contributed by atoms with E-state index in [0.717, 1.165) is 23.4 Å². The number of aromatic nitrogens is 3. The molecule has 22 heavy (non-hydrogen) atoms. The van der Waals surface area contributed by atoms with Crippen molar-refractivity contribution in [3.05, 3.63) is 60.0 Å². The van der Waals surface area contributed by atoms with Crippen molar-refractivity contribution in [1.29, 1.82) is 0 Å². The van der Waals surface area contributed by atoms with E-state index in [1.54, 1.807) is 16.9 Å². The molecule has 0 aliphatic heterocycles. The van der Waals surface area contributed by atoms with Crippen molar-refractivity contribution in [2.24, 2.45) is 10.7 Å². The van der Waals surface area contributed by atoms with Crippen molar-refractivity contribution in [3.63, 3.8) is 0 Å². The zero-order chi connectivity index (χ0) is 15.4. The summed E-state index contributed by atoms with van der Waals surface area (Å²) in [5, 5.41) is 7.31. The zero-order valence-corrected chi connectivity index (χ0v) is 12.4. The van der Waals surface area contributed by atoms with Crippen LogP contribution in [-0.2, 0) is 13.0 Å². The molecule has 0 unspecified atom stereocenters. The Hall–Kier alpha value is -2.89. The lowest BCUT2D eigenvalue weighted by atomic mass is 10.1. The Balaban J connectivity index is 1.70. The van der Waals surface area contributed by atoms with Crippen molar-refractivity contribution in [2.45, 2.75) is 19.9 Å². The molecule has 3 rings (SSSR count). The number of guanidine groups is 1. The lowest BCUT2D eigenvalue weighted by Crippen LogP contribution is -2.22. The van der Waals surface area contributed by atoms with Crippen LogP contribution >= 0.6 is 0 Å². The van der Waals surface area contributed by atoms with E-state index >= 15 is 0 Å². The van der Waals surface area contributed by atoms with Crippen LogP contribution in [0.4, 0.5) is 5.69 Å². The fraction of sp³-hybridized carbons (Fsp3) is 0.188. The molecule has 0 saturated carbocycles. The molecular formula is C16H18N6. The number of nitrogens with two attached hydrogens (primary N) is 1. The third-order valence-corrected chi connectivity index (χ3v) is 3.41. The maximum atomic E-state index is 5.94. The standard InChI is InChI=1S/C16H18N6/c1-2-12-3-5-13(6-4-12)21-16(17)19-11-14-7-9-18-15-8-10-20-22(14)15/h3-10H,2,11H2,1H3,(H3,17,19,21). The highest BCUT2D eigenvalue weighted by Gasteiger charge is 2.01. The van der Waals surface area contributed by atoms with Gasteiger partial charge < -0.3 is 11.1 Å². The number of nitrogens with zero attached hydrogens (tertiary/aromatic N) is 4. The molecule has 3 N–H and O–H groups in total. The van der Waals surface area contributed by atoms with Gasteiger partial charge in [-0.15, -0.1) is 0 Å². The molecule has 112 valence electrons. The summed E-state index contributed by atoms with van der Waals surface area (Å²) in [5.41, 5.74) is 9.89. The predicted molar refractivity (Wildman–Crippen MR) is 87.8 cm³/mol. The summed E-state index contributed by atoms with van der Waals surface area (Å²) < 4.78 is 1.76. The number of anilines is 1. The average Bonchev–Trinajstić information content (AvgIpc) is 3.03. The minimum absolute atomic E-state index is 0.376. The van der Waals surface area contributed by atoms with Crippen molar-refractivity contribution in [1.82, 2.24) is 14.6 Å². The van der Waals surface area contributed by atoms with Crippen molar-refractivity contribution >= 4 is 17.3 Å². The maximum absolute atomic E-state index is 5.94. The maximum Gasteiger partial charge on any atom is 0.193 e. The van der Waals surface area contributed by atoms with Gasteiger partial charge in [-0.2, -0.15) is 5.10 Å². The van der Waals surface area contributed by atoms with Gasteiger partial charge in [-0.1, -0.05) is 19.1 Å². The summed E-state index contributed by atoms with van der Waals surface area (Å²) >= 11 is 0. The summed E-state index contributed by atoms with van der Waals surface area (Å²) in [6, 6.07) is 11.9. The highest BCUT2D eigenvalue weighted by molar-refractivity contribution is 5.92. The molecule has 0 amide bonds. The lowest BCUT2D eigenvalue weighted by Gasteiger charge is -2.07. The van der Waals surface area contributed by atoms with Crippen LogP contribution in [0, 0.1) is 0 Å². The molecule has 3 aromatic rings. The third-order valence-electron chi connectivity index (χ3n) is 3.41. The van der Waals surface area contributed by atoms with Gasteiger partial charge in [0, 0.05) is 18.0 Å². The van der Waals surface area contributed by atoms with Crippen molar-refractivity contribution < 1.29 is 0 Å². The lowest BCUT2D eigenvalue weighted by molar-refractivity contribution is 0.835. The van der Waals surface area contributed by atoms with E-state index in [-0.39, 0.29) is 0 Å². The summed E-state index contributed by atoms with van der Waals surface area (Å²) in [5.74, 6) is 0.376. The molecular weight excluding hydrogens is 276 g/mol. The second kappa shape index (κ2) is 6.26. The second-order valence-corrected chi connectivity index (χ2v) is 4.91. The number of hydrogen-bond donors (Lipinski definition) is 2. The van der Waals surface area contributed by atoms with E-state index in [9.17, 15) is 0 Å². The summed E-state index contributed by atoms with van der Waals surface area (Å²) in [4.78, 5) is 8.57. The topological polar surface area (TPSA) is 80.6 Å². The predicted octanol–water partition coefficient (Wildman–Crippen LogP) is 2.22. The number of rotatable bonds is 4. The largest absolute Gasteiger partial charge is 0.370 e. The molecule has 0 fully saturated rings. The van der Waals surface area contributed by atoms with E-state index in [1.807, 2.05) is 24.3 Å². The second-order valence-electron chi connectivity index (χ2n) is 4.91. The van der Waals surface area contributed by atoms with Gasteiger partial charge in [-0.3, -0.25) is 0 Å². The average molecular weight is 294 g/mol. The highest BCUT2D eigenvalue weighted by atomic mass is 15.3. The number of aryl methyl sites for hydroxylation is 1. The first-order valence-electron chi connectivity index (χ1n) is 7.20. The van der Waals surface area contributed by atoms with Crippen LogP contribution in [0.2, 0.25) is 0 Å². The molecule has 2 heterocycles. The molecule has 0 spiro atoms. The molecule has 6 heteroatoms. The first-order chi connectivity index (χ1) is 10.8. The molecule has 0 aliphatic carbocycles. The van der Waals surface area contributed by atoms with Gasteiger partial charge >= 0.3 is 0 Å². The Morgan fingerprint density at radius 3 is 2.77 bits per heavy atom. The van der Waals surface area contributed by atoms with Gasteiger partial charge in [-0.25, -0.2) is 14.5 Å². The third kappa shape index (κ3) is 3.06. The molecule has 0 saturated heterocycles. The molecule has 6 nitrogen and oxygen atoms in total. The van der Waals surface area contributed by atoms with E-state index < -0.39 is 0 Å². The molecule has 0 radical (unpaired) electrons. The Morgan fingerprint density at radius 1 is 1.18 bits per heavy atom. The molecule has 1 aromatic carbocycles. The Labute approximate surface area is 128 Å². The van der Waals surface area contributed by atoms with Gasteiger partial charge in [0.05, 0.1) is 18.4 Å². The fourth-order valence-electron chi connectivity index (χ4n) is 2.18. The van der Waals surface area contributed by atoms with Gasteiger partial charge in [0.2, 0.25) is 0 Å². The van der Waals surface area contributed by atoms with Crippen LogP contribution in [0.1, 0.15) is 18.2 Å². The summed E-state index contributed by atoms with van der Waals surface area (Å²) in [6.45, 7) is 2.57. The monoisotopic (exact) mass is 294 g/mol. The van der Waals surface area contributed by atoms with Gasteiger partial charge in [0.1, 0.15) is 0 Å².